The van der Waals surface area contributed by atoms with Gasteiger partial charge in [-0.25, -0.2) is 0 Å². The van der Waals surface area contributed by atoms with Crippen molar-refractivity contribution in [3.8, 4) is 0 Å². The number of carboxylic acid groups (broad SMARTS) is 1. The van der Waals surface area contributed by atoms with Crippen LogP contribution in [0.25, 0.3) is 0 Å². The molecule has 0 aromatic rings. The second-order valence-electron chi connectivity index (χ2n) is 3.92. The number of hydrogen-bond donors (Lipinski definition) is 2. The lowest BCUT2D eigenvalue weighted by atomic mass is 10.0. The average Bonchev–Trinajstić information content (AvgIpc) is 2.30. The third-order valence-corrected chi connectivity index (χ3v) is 2.62. The van der Waals surface area contributed by atoms with Crippen molar-refractivity contribution in [3.63, 3.8) is 0 Å². The van der Waals surface area contributed by atoms with Gasteiger partial charge in [-0.1, -0.05) is 20.3 Å². The molecular formula is C11H23NO3. The molecule has 2 unspecified atom stereocenters. The van der Waals surface area contributed by atoms with Gasteiger partial charge in [-0.3, -0.25) is 4.79 Å². The maximum atomic E-state index is 10.2. The molecule has 0 aromatic heterocycles. The summed E-state index contributed by atoms with van der Waals surface area (Å²) in [7, 11) is 0. The van der Waals surface area contributed by atoms with Crippen molar-refractivity contribution in [3.05, 3.63) is 0 Å². The van der Waals surface area contributed by atoms with Crippen LogP contribution in [0.5, 0.6) is 0 Å². The number of ether oxygens (including phenoxy) is 1. The van der Waals surface area contributed by atoms with E-state index in [1.165, 1.54) is 19.3 Å². The molecule has 0 radical (unpaired) electrons. The molecule has 0 bridgehead atoms. The highest BCUT2D eigenvalue weighted by Gasteiger charge is 2.17. The predicted molar refractivity (Wildman–Crippen MR) is 59.7 cm³/mol. The Morgan fingerprint density at radius 2 is 1.93 bits per heavy atom. The zero-order valence-electron chi connectivity index (χ0n) is 9.74. The van der Waals surface area contributed by atoms with E-state index < -0.39 is 12.0 Å². The van der Waals surface area contributed by atoms with E-state index in [0.717, 1.165) is 19.6 Å². The minimum absolute atomic E-state index is 0.0718. The number of nitrogens with two attached hydrogens (primary N) is 1. The fourth-order valence-electron chi connectivity index (χ4n) is 1.18. The third-order valence-electron chi connectivity index (χ3n) is 2.62. The molecule has 3 N–H and O–H groups in total. The molecule has 90 valence electrons. The first-order valence-corrected chi connectivity index (χ1v) is 5.65. The molecule has 0 aromatic carbocycles. The van der Waals surface area contributed by atoms with E-state index in [9.17, 15) is 4.79 Å². The molecule has 1 heterocycles. The van der Waals surface area contributed by atoms with Crippen LogP contribution in [0.3, 0.4) is 0 Å². The van der Waals surface area contributed by atoms with Crippen LogP contribution >= 0.6 is 0 Å². The van der Waals surface area contributed by atoms with Gasteiger partial charge in [-0.15, -0.1) is 0 Å². The van der Waals surface area contributed by atoms with E-state index in [-0.39, 0.29) is 5.92 Å². The standard InChI is InChI=1S/C6H13NO2.C5H10O/c1-3-4(2)5(7)6(8)9;1-2-4-6-5-3-1/h4-5H,3,7H2,1-2H3,(H,8,9);1-5H2. The lowest BCUT2D eigenvalue weighted by Gasteiger charge is -2.11. The zero-order valence-corrected chi connectivity index (χ0v) is 9.74. The summed E-state index contributed by atoms with van der Waals surface area (Å²) in [6, 6.07) is -0.699. The Kier molecular flexibility index (Phi) is 8.33. The molecule has 0 saturated carbocycles. The highest BCUT2D eigenvalue weighted by molar-refractivity contribution is 5.73. The molecule has 0 aliphatic carbocycles. The van der Waals surface area contributed by atoms with E-state index in [0.29, 0.717) is 0 Å². The highest BCUT2D eigenvalue weighted by Crippen LogP contribution is 2.04. The average molecular weight is 217 g/mol. The minimum Gasteiger partial charge on any atom is -0.480 e. The van der Waals surface area contributed by atoms with Gasteiger partial charge in [-0.2, -0.15) is 0 Å². The molecule has 0 amide bonds. The first-order chi connectivity index (χ1) is 7.09. The first kappa shape index (κ1) is 14.4. The zero-order chi connectivity index (χ0) is 11.7. The lowest BCUT2D eigenvalue weighted by Crippen LogP contribution is -2.36. The van der Waals surface area contributed by atoms with Gasteiger partial charge in [0.25, 0.3) is 0 Å². The summed E-state index contributed by atoms with van der Waals surface area (Å²) in [6.07, 6.45) is 4.74. The summed E-state index contributed by atoms with van der Waals surface area (Å²) in [4.78, 5) is 10.2. The highest BCUT2D eigenvalue weighted by atomic mass is 16.5. The van der Waals surface area contributed by atoms with E-state index in [1.54, 1.807) is 0 Å². The van der Waals surface area contributed by atoms with Crippen molar-refractivity contribution >= 4 is 5.97 Å². The Bertz CT molecular complexity index is 158. The summed E-state index contributed by atoms with van der Waals surface area (Å²) >= 11 is 0. The number of carboxylic acids is 1. The largest absolute Gasteiger partial charge is 0.480 e. The normalized spacial score (nSPS) is 19.7. The number of rotatable bonds is 3. The van der Waals surface area contributed by atoms with E-state index in [4.69, 9.17) is 15.6 Å². The fraction of sp³-hybridized carbons (Fsp3) is 0.909. The van der Waals surface area contributed by atoms with Gasteiger partial charge < -0.3 is 15.6 Å². The quantitative estimate of drug-likeness (QED) is 0.753. The Labute approximate surface area is 91.8 Å². The smallest absolute Gasteiger partial charge is 0.320 e. The van der Waals surface area contributed by atoms with Crippen LogP contribution in [0.15, 0.2) is 0 Å². The maximum absolute atomic E-state index is 10.2. The van der Waals surface area contributed by atoms with Gasteiger partial charge in [0.2, 0.25) is 0 Å². The topological polar surface area (TPSA) is 72.5 Å². The van der Waals surface area contributed by atoms with Crippen LogP contribution in [-0.4, -0.2) is 30.3 Å². The monoisotopic (exact) mass is 217 g/mol. The molecule has 4 heteroatoms. The second-order valence-corrected chi connectivity index (χ2v) is 3.92. The summed E-state index contributed by atoms with van der Waals surface area (Å²) in [5, 5.41) is 8.36. The van der Waals surface area contributed by atoms with E-state index in [1.807, 2.05) is 13.8 Å². The first-order valence-electron chi connectivity index (χ1n) is 5.65. The van der Waals surface area contributed by atoms with Crippen molar-refractivity contribution < 1.29 is 14.6 Å². The van der Waals surface area contributed by atoms with Crippen molar-refractivity contribution in [1.82, 2.24) is 0 Å². The summed E-state index contributed by atoms with van der Waals surface area (Å²) in [5.41, 5.74) is 5.27. The summed E-state index contributed by atoms with van der Waals surface area (Å²) < 4.78 is 5.07. The van der Waals surface area contributed by atoms with Crippen molar-refractivity contribution in [2.24, 2.45) is 11.7 Å². The Hall–Kier alpha value is -0.610. The van der Waals surface area contributed by atoms with Crippen LogP contribution in [-0.2, 0) is 9.53 Å². The van der Waals surface area contributed by atoms with Crippen molar-refractivity contribution in [2.45, 2.75) is 45.6 Å². The molecule has 0 spiro atoms. The van der Waals surface area contributed by atoms with Gasteiger partial charge in [0.15, 0.2) is 0 Å². The van der Waals surface area contributed by atoms with E-state index >= 15 is 0 Å². The van der Waals surface area contributed by atoms with Crippen molar-refractivity contribution in [1.29, 1.82) is 0 Å². The van der Waals surface area contributed by atoms with Crippen LogP contribution < -0.4 is 5.73 Å². The van der Waals surface area contributed by atoms with Crippen LogP contribution in [0.2, 0.25) is 0 Å². The van der Waals surface area contributed by atoms with Crippen LogP contribution in [0, 0.1) is 5.92 Å². The molecule has 15 heavy (non-hydrogen) atoms. The van der Waals surface area contributed by atoms with Crippen LogP contribution in [0.1, 0.15) is 39.5 Å². The summed E-state index contributed by atoms with van der Waals surface area (Å²) in [6.45, 7) is 5.76. The molecule has 1 rings (SSSR count). The predicted octanol–water partition coefficient (Wildman–Crippen LogP) is 1.63. The molecule has 1 aliphatic rings. The molecule has 1 saturated heterocycles. The van der Waals surface area contributed by atoms with Gasteiger partial charge in [0.1, 0.15) is 6.04 Å². The van der Waals surface area contributed by atoms with Gasteiger partial charge >= 0.3 is 5.97 Å². The second kappa shape index (κ2) is 8.68. The van der Waals surface area contributed by atoms with Gasteiger partial charge in [0.05, 0.1) is 0 Å². The molecule has 1 fully saturated rings. The molecular weight excluding hydrogens is 194 g/mol. The lowest BCUT2D eigenvalue weighted by molar-refractivity contribution is -0.139. The Morgan fingerprint density at radius 1 is 1.40 bits per heavy atom. The fourth-order valence-corrected chi connectivity index (χ4v) is 1.18. The van der Waals surface area contributed by atoms with Crippen LogP contribution in [0.4, 0.5) is 0 Å². The van der Waals surface area contributed by atoms with Gasteiger partial charge in [0, 0.05) is 13.2 Å². The number of carbonyl (C=O) groups is 1. The molecule has 1 aliphatic heterocycles. The summed E-state index contributed by atoms with van der Waals surface area (Å²) in [5.74, 6) is -0.841. The third kappa shape index (κ3) is 7.33. The van der Waals surface area contributed by atoms with Gasteiger partial charge in [-0.05, 0) is 25.2 Å². The molecule has 4 nitrogen and oxygen atoms in total. The maximum Gasteiger partial charge on any atom is 0.320 e. The van der Waals surface area contributed by atoms with E-state index in [2.05, 4.69) is 0 Å². The number of aliphatic carboxylic acids is 1. The molecule has 2 atom stereocenters. The minimum atomic E-state index is -0.913. The Morgan fingerprint density at radius 3 is 2.07 bits per heavy atom. The SMILES string of the molecule is C1CCOCC1.CCC(C)C(N)C(=O)O. The van der Waals surface area contributed by atoms with Crippen molar-refractivity contribution in [2.75, 3.05) is 13.2 Å². The Balaban J connectivity index is 0.000000280. The number of hydrogen-bond acceptors (Lipinski definition) is 3.